The molecule has 14 nitrogen and oxygen atoms in total. The number of amides is 1. The average Bonchev–Trinajstić information content (AvgIpc) is 3.92. The smallest absolute Gasteiger partial charge is 0.254 e. The van der Waals surface area contributed by atoms with E-state index in [-0.39, 0.29) is 17.6 Å². The second kappa shape index (κ2) is 15.9. The van der Waals surface area contributed by atoms with E-state index in [0.717, 1.165) is 77.4 Å². The second-order valence-electron chi connectivity index (χ2n) is 15.5. The van der Waals surface area contributed by atoms with Crippen molar-refractivity contribution in [3.8, 4) is 11.6 Å². The lowest BCUT2D eigenvalue weighted by Gasteiger charge is -2.48. The number of likely N-dealkylation sites (tertiary alicyclic amines) is 3. The third-order valence-electron chi connectivity index (χ3n) is 11.8. The zero-order valence-corrected chi connectivity index (χ0v) is 30.7. The van der Waals surface area contributed by atoms with Crippen LogP contribution in [-0.2, 0) is 4.79 Å². The number of β-amino-alcohol motifs (C(OH)–C–C–N with tert-alkyl or cyclic N) is 1. The summed E-state index contributed by atoms with van der Waals surface area (Å²) in [6.07, 6.45) is 5.57. The van der Waals surface area contributed by atoms with Crippen LogP contribution in [0.3, 0.4) is 0 Å². The molecule has 0 saturated carbocycles. The van der Waals surface area contributed by atoms with Crippen LogP contribution >= 0.6 is 0 Å². The van der Waals surface area contributed by atoms with Gasteiger partial charge in [-0.1, -0.05) is 26.0 Å². The summed E-state index contributed by atoms with van der Waals surface area (Å²) >= 11 is 0. The first-order chi connectivity index (χ1) is 25.1. The van der Waals surface area contributed by atoms with Crippen LogP contribution in [0.1, 0.15) is 56.8 Å². The lowest BCUT2D eigenvalue weighted by molar-refractivity contribution is -0.133. The Bertz CT molecular complexity index is 1600. The third kappa shape index (κ3) is 7.99. The number of piperazine rings is 1. The van der Waals surface area contributed by atoms with E-state index in [0.29, 0.717) is 73.0 Å². The van der Waals surface area contributed by atoms with Crippen molar-refractivity contribution in [3.63, 3.8) is 0 Å². The van der Waals surface area contributed by atoms with Gasteiger partial charge in [-0.05, 0) is 68.1 Å². The number of phenols is 1. The molecule has 284 valence electrons. The molecular weight excluding hydrogens is 662 g/mol. The first-order valence-corrected chi connectivity index (χ1v) is 19.2. The van der Waals surface area contributed by atoms with Crippen LogP contribution in [0, 0.1) is 5.92 Å². The Morgan fingerprint density at radius 1 is 1.02 bits per heavy atom. The Morgan fingerprint density at radius 2 is 1.77 bits per heavy atom. The van der Waals surface area contributed by atoms with Gasteiger partial charge < -0.3 is 46.1 Å². The highest BCUT2D eigenvalue weighted by Gasteiger charge is 2.39. The number of aliphatic hydroxyl groups is 1. The number of aliphatic hydroxyl groups excluding tert-OH is 1. The number of aromatic nitrogens is 1. The number of nitrogens with two attached hydrogens (primary N) is 2. The maximum atomic E-state index is 13.2. The molecule has 4 saturated heterocycles. The van der Waals surface area contributed by atoms with Gasteiger partial charge in [0.15, 0.2) is 5.76 Å². The lowest BCUT2D eigenvalue weighted by atomic mass is 9.92. The summed E-state index contributed by atoms with van der Waals surface area (Å²) < 4.78 is 11.6. The van der Waals surface area contributed by atoms with Crippen molar-refractivity contribution in [2.24, 2.45) is 17.4 Å². The molecule has 6 heterocycles. The topological polar surface area (TPSA) is 173 Å². The monoisotopic (exact) mass is 719 g/mol. The van der Waals surface area contributed by atoms with Crippen molar-refractivity contribution in [2.75, 3.05) is 78.6 Å². The predicted molar refractivity (Wildman–Crippen MR) is 198 cm³/mol. The highest BCUT2D eigenvalue weighted by molar-refractivity contribution is 5.83. The summed E-state index contributed by atoms with van der Waals surface area (Å²) in [6, 6.07) is 10.4. The Hall–Kier alpha value is -3.98. The molecule has 5 aliphatic heterocycles. The van der Waals surface area contributed by atoms with E-state index >= 15 is 0 Å². The number of hydrogen-bond acceptors (Lipinski definition) is 13. The van der Waals surface area contributed by atoms with Crippen molar-refractivity contribution in [1.82, 2.24) is 35.0 Å². The number of allylic oxidation sites excluding steroid dienone is 1. The van der Waals surface area contributed by atoms with Gasteiger partial charge in [0.1, 0.15) is 24.1 Å². The van der Waals surface area contributed by atoms with Crippen LogP contribution in [0.25, 0.3) is 5.70 Å². The minimum absolute atomic E-state index is 0.0240. The fourth-order valence-corrected chi connectivity index (χ4v) is 8.83. The van der Waals surface area contributed by atoms with E-state index in [9.17, 15) is 15.0 Å². The average molecular weight is 720 g/mol. The SMILES string of the molecule is CC(C)[C@@H](C(=O)N1CC[C@@H](O)C1)c1cc(OCCN2CCC(N3CCC(N4CCN5C(/C=C(\N)c6ccccc6O)=C(N)NC[C@H]5C4)C3)CC2)no1. The Labute approximate surface area is 307 Å². The molecule has 0 spiro atoms. The fraction of sp³-hybridized carbons (Fsp3) is 0.632. The first kappa shape index (κ1) is 36.4. The zero-order chi connectivity index (χ0) is 36.4. The number of carbonyl (C=O) groups excluding carboxylic acids is 1. The number of fused-ring (bicyclic) bond motifs is 1. The Kier molecular flexibility index (Phi) is 11.2. The van der Waals surface area contributed by atoms with Gasteiger partial charge in [-0.15, -0.1) is 0 Å². The van der Waals surface area contributed by atoms with Crippen LogP contribution in [0.2, 0.25) is 0 Å². The van der Waals surface area contributed by atoms with Gasteiger partial charge in [0.25, 0.3) is 5.88 Å². The van der Waals surface area contributed by atoms with Gasteiger partial charge in [-0.25, -0.2) is 0 Å². The quantitative estimate of drug-likeness (QED) is 0.226. The molecule has 5 aliphatic rings. The zero-order valence-electron chi connectivity index (χ0n) is 30.7. The summed E-state index contributed by atoms with van der Waals surface area (Å²) in [5, 5.41) is 27.7. The van der Waals surface area contributed by atoms with Crippen LogP contribution in [0.5, 0.6) is 11.6 Å². The molecule has 52 heavy (non-hydrogen) atoms. The van der Waals surface area contributed by atoms with E-state index in [4.69, 9.17) is 20.7 Å². The normalized spacial score (nSPS) is 26.2. The number of nitrogens with zero attached hydrogens (tertiary/aromatic N) is 6. The van der Waals surface area contributed by atoms with Crippen molar-refractivity contribution in [2.45, 2.75) is 69.7 Å². The van der Waals surface area contributed by atoms with E-state index in [2.05, 4.69) is 30.1 Å². The summed E-state index contributed by atoms with van der Waals surface area (Å²) in [5.74, 6) is 1.30. The molecule has 1 amide bonds. The molecular formula is C38H57N9O5. The molecule has 1 unspecified atom stereocenters. The number of ether oxygens (including phenoxy) is 1. The lowest BCUT2D eigenvalue weighted by Crippen LogP contribution is -2.61. The van der Waals surface area contributed by atoms with E-state index in [1.165, 1.54) is 6.42 Å². The molecule has 4 atom stereocenters. The summed E-state index contributed by atoms with van der Waals surface area (Å²) in [7, 11) is 0. The molecule has 14 heteroatoms. The number of benzene rings is 1. The van der Waals surface area contributed by atoms with Crippen molar-refractivity contribution >= 4 is 11.6 Å². The standard InChI is InChI=1S/C38H57N9O5/c1-25(2)36(38(50)46-14-10-29(48)24-46)34-20-35(42-52-34)51-18-17-43-11-7-26(8-12-43)44-13-9-27(22-44)45-15-16-47-28(23-45)21-41-37(40)32(47)19-31(39)30-5-3-4-6-33(30)49/h3-6,19-20,25-29,36,41,48-49H,7-18,21-24,39-40H2,1-2H3/b31-19-/t27?,28-,29+,36+/m0/s1. The van der Waals surface area contributed by atoms with Crippen LogP contribution in [0.4, 0.5) is 0 Å². The summed E-state index contributed by atoms with van der Waals surface area (Å²) in [5.41, 5.74) is 14.9. The molecule has 4 fully saturated rings. The number of para-hydroxylation sites is 1. The van der Waals surface area contributed by atoms with Gasteiger partial charge >= 0.3 is 0 Å². The Morgan fingerprint density at radius 3 is 2.52 bits per heavy atom. The van der Waals surface area contributed by atoms with Gasteiger partial charge in [0.05, 0.1) is 17.8 Å². The maximum Gasteiger partial charge on any atom is 0.254 e. The molecule has 2 aromatic rings. The van der Waals surface area contributed by atoms with E-state index < -0.39 is 12.0 Å². The highest BCUT2D eigenvalue weighted by atomic mass is 16.5. The van der Waals surface area contributed by atoms with Crippen LogP contribution < -0.4 is 21.5 Å². The largest absolute Gasteiger partial charge is 0.507 e. The van der Waals surface area contributed by atoms with Crippen LogP contribution in [-0.4, -0.2) is 149 Å². The predicted octanol–water partition coefficient (Wildman–Crippen LogP) is 1.35. The molecule has 7 N–H and O–H groups in total. The number of rotatable bonds is 11. The molecule has 0 bridgehead atoms. The molecule has 7 rings (SSSR count). The fourth-order valence-electron chi connectivity index (χ4n) is 8.83. The van der Waals surface area contributed by atoms with Crippen molar-refractivity contribution in [1.29, 1.82) is 0 Å². The number of hydrogen-bond donors (Lipinski definition) is 5. The summed E-state index contributed by atoms with van der Waals surface area (Å²) in [6.45, 7) is 14.3. The number of phenolic OH excluding ortho intramolecular Hbond substituents is 1. The summed E-state index contributed by atoms with van der Waals surface area (Å²) in [4.78, 5) is 25.2. The number of aromatic hydroxyl groups is 1. The van der Waals surface area contributed by atoms with Gasteiger partial charge in [-0.2, -0.15) is 0 Å². The van der Waals surface area contributed by atoms with Gasteiger partial charge in [0.2, 0.25) is 5.91 Å². The van der Waals surface area contributed by atoms with E-state index in [1.807, 2.05) is 32.1 Å². The maximum absolute atomic E-state index is 13.2. The number of carbonyl (C=O) groups is 1. The highest BCUT2D eigenvalue weighted by Crippen LogP contribution is 2.32. The minimum Gasteiger partial charge on any atom is -0.507 e. The Balaban J connectivity index is 0.841. The van der Waals surface area contributed by atoms with Crippen molar-refractivity contribution < 1.29 is 24.3 Å². The number of piperidine rings is 1. The van der Waals surface area contributed by atoms with Crippen LogP contribution in [0.15, 0.2) is 52.4 Å². The van der Waals surface area contributed by atoms with Gasteiger partial charge in [0, 0.05) is 88.3 Å². The van der Waals surface area contributed by atoms with Crippen molar-refractivity contribution in [3.05, 3.63) is 59.2 Å². The second-order valence-corrected chi connectivity index (χ2v) is 15.5. The van der Waals surface area contributed by atoms with E-state index in [1.54, 1.807) is 23.1 Å². The molecule has 0 radical (unpaired) electrons. The molecule has 1 aromatic heterocycles. The molecule has 0 aliphatic carbocycles. The van der Waals surface area contributed by atoms with Gasteiger partial charge in [-0.3, -0.25) is 19.5 Å². The third-order valence-corrected chi connectivity index (χ3v) is 11.8. The molecule has 1 aromatic carbocycles. The first-order valence-electron chi connectivity index (χ1n) is 19.2. The minimum atomic E-state index is -0.453. The number of nitrogens with one attached hydrogen (secondary N) is 1.